The zero-order valence-corrected chi connectivity index (χ0v) is 11.7. The van der Waals surface area contributed by atoms with Crippen molar-refractivity contribution in [3.63, 3.8) is 0 Å². The van der Waals surface area contributed by atoms with Gasteiger partial charge in [-0.25, -0.2) is 9.59 Å². The van der Waals surface area contributed by atoms with Crippen LogP contribution in [0.5, 0.6) is 5.75 Å². The number of hydrogen-bond acceptors (Lipinski definition) is 5. The van der Waals surface area contributed by atoms with Crippen LogP contribution in [-0.4, -0.2) is 12.1 Å². The van der Waals surface area contributed by atoms with E-state index >= 15 is 0 Å². The topological polar surface area (TPSA) is 68.5 Å². The van der Waals surface area contributed by atoms with Gasteiger partial charge in [-0.1, -0.05) is 30.6 Å². The van der Waals surface area contributed by atoms with Gasteiger partial charge in [-0.3, -0.25) is 0 Å². The minimum atomic E-state index is -0.450. The van der Waals surface area contributed by atoms with Gasteiger partial charge in [0.1, 0.15) is 5.75 Å². The standard InChI is InChI=1S/C14H15NO4S/c16-13(15-9-4-2-1-3-5-9)18-10-6-7-12-11(8-10)19-14(17)20-12/h6-9H,1-5H2,(H,15,16). The maximum absolute atomic E-state index is 11.8. The summed E-state index contributed by atoms with van der Waals surface area (Å²) in [6.07, 6.45) is 5.10. The van der Waals surface area contributed by atoms with Crippen LogP contribution in [0.15, 0.2) is 27.4 Å². The second kappa shape index (κ2) is 5.66. The highest BCUT2D eigenvalue weighted by molar-refractivity contribution is 7.16. The lowest BCUT2D eigenvalue weighted by Crippen LogP contribution is -2.37. The molecule has 20 heavy (non-hydrogen) atoms. The number of nitrogens with one attached hydrogen (secondary N) is 1. The summed E-state index contributed by atoms with van der Waals surface area (Å²) in [5, 5.41) is 2.87. The molecule has 6 heteroatoms. The Labute approximate surface area is 119 Å². The number of fused-ring (bicyclic) bond motifs is 1. The number of rotatable bonds is 2. The number of benzene rings is 1. The lowest BCUT2D eigenvalue weighted by molar-refractivity contribution is 0.192. The number of ether oxygens (including phenoxy) is 1. The molecule has 0 bridgehead atoms. The van der Waals surface area contributed by atoms with Crippen LogP contribution in [0.3, 0.4) is 0 Å². The van der Waals surface area contributed by atoms with E-state index in [0.717, 1.165) is 41.7 Å². The summed E-state index contributed by atoms with van der Waals surface area (Å²) >= 11 is 1.03. The molecule has 5 nitrogen and oxygen atoms in total. The molecule has 0 aliphatic heterocycles. The monoisotopic (exact) mass is 293 g/mol. The van der Waals surface area contributed by atoms with Gasteiger partial charge in [0.25, 0.3) is 0 Å². The Kier molecular flexibility index (Phi) is 3.73. The van der Waals surface area contributed by atoms with Crippen LogP contribution < -0.4 is 15.0 Å². The van der Waals surface area contributed by atoms with Crippen molar-refractivity contribution in [2.24, 2.45) is 0 Å². The number of carbonyl (C=O) groups excluding carboxylic acids is 1. The normalized spacial score (nSPS) is 16.2. The summed E-state index contributed by atoms with van der Waals surface area (Å²) in [6.45, 7) is 0. The maximum Gasteiger partial charge on any atom is 0.412 e. The van der Waals surface area contributed by atoms with Crippen molar-refractivity contribution < 1.29 is 13.9 Å². The number of hydrogen-bond donors (Lipinski definition) is 1. The van der Waals surface area contributed by atoms with Crippen LogP contribution in [0.4, 0.5) is 4.79 Å². The molecule has 0 radical (unpaired) electrons. The molecule has 1 aromatic heterocycles. The summed E-state index contributed by atoms with van der Waals surface area (Å²) in [7, 11) is 0. The van der Waals surface area contributed by atoms with E-state index in [9.17, 15) is 9.59 Å². The largest absolute Gasteiger partial charge is 0.414 e. The summed E-state index contributed by atoms with van der Waals surface area (Å²) in [4.78, 5) is 22.6. The van der Waals surface area contributed by atoms with Crippen molar-refractivity contribution in [3.8, 4) is 5.75 Å². The first kappa shape index (κ1) is 13.2. The van der Waals surface area contributed by atoms with Crippen LogP contribution in [0, 0.1) is 0 Å². The smallest absolute Gasteiger partial charge is 0.412 e. The van der Waals surface area contributed by atoms with Gasteiger partial charge in [-0.05, 0) is 25.0 Å². The average Bonchev–Trinajstić information content (AvgIpc) is 2.79. The lowest BCUT2D eigenvalue weighted by atomic mass is 9.96. The molecule has 0 atom stereocenters. The number of carbonyl (C=O) groups is 1. The van der Waals surface area contributed by atoms with Crippen molar-refractivity contribution in [2.75, 3.05) is 0 Å². The first-order valence-corrected chi connectivity index (χ1v) is 7.54. The van der Waals surface area contributed by atoms with Crippen molar-refractivity contribution in [2.45, 2.75) is 38.1 Å². The third-order valence-corrected chi connectivity index (χ3v) is 4.25. The highest BCUT2D eigenvalue weighted by Gasteiger charge is 2.17. The quantitative estimate of drug-likeness (QED) is 0.922. The lowest BCUT2D eigenvalue weighted by Gasteiger charge is -2.22. The highest BCUT2D eigenvalue weighted by atomic mass is 32.1. The van der Waals surface area contributed by atoms with Gasteiger partial charge in [0.2, 0.25) is 0 Å². The van der Waals surface area contributed by atoms with Crippen LogP contribution in [0.1, 0.15) is 32.1 Å². The van der Waals surface area contributed by atoms with Gasteiger partial charge in [0.05, 0.1) is 4.70 Å². The second-order valence-electron chi connectivity index (χ2n) is 4.93. The predicted molar refractivity (Wildman–Crippen MR) is 76.4 cm³/mol. The van der Waals surface area contributed by atoms with E-state index < -0.39 is 6.09 Å². The molecule has 1 aliphatic carbocycles. The van der Waals surface area contributed by atoms with Crippen LogP contribution >= 0.6 is 11.3 Å². The highest BCUT2D eigenvalue weighted by Crippen LogP contribution is 2.23. The summed E-state index contributed by atoms with van der Waals surface area (Å²) in [5.74, 6) is 0.382. The Hall–Kier alpha value is -1.82. The summed E-state index contributed by atoms with van der Waals surface area (Å²) in [6, 6.07) is 5.15. The molecular formula is C14H15NO4S. The van der Waals surface area contributed by atoms with Gasteiger partial charge in [-0.15, -0.1) is 0 Å². The second-order valence-corrected chi connectivity index (χ2v) is 5.91. The zero-order chi connectivity index (χ0) is 13.9. The first-order valence-electron chi connectivity index (χ1n) is 6.73. The average molecular weight is 293 g/mol. The Morgan fingerprint density at radius 2 is 2.10 bits per heavy atom. The molecule has 0 spiro atoms. The van der Waals surface area contributed by atoms with Gasteiger partial charge < -0.3 is 14.5 Å². The van der Waals surface area contributed by atoms with E-state index in [1.165, 1.54) is 6.42 Å². The van der Waals surface area contributed by atoms with E-state index in [4.69, 9.17) is 9.15 Å². The minimum Gasteiger partial charge on any atom is -0.414 e. The minimum absolute atomic E-state index is 0.207. The van der Waals surface area contributed by atoms with E-state index in [2.05, 4.69) is 5.32 Å². The molecule has 1 heterocycles. The number of amides is 1. The van der Waals surface area contributed by atoms with E-state index in [1.807, 2.05) is 0 Å². The molecule has 0 saturated heterocycles. The molecule has 1 saturated carbocycles. The molecule has 1 fully saturated rings. The van der Waals surface area contributed by atoms with Gasteiger partial charge in [0, 0.05) is 12.1 Å². The molecular weight excluding hydrogens is 278 g/mol. The molecule has 2 aromatic rings. The fraction of sp³-hybridized carbons (Fsp3) is 0.429. The van der Waals surface area contributed by atoms with E-state index in [0.29, 0.717) is 11.3 Å². The van der Waals surface area contributed by atoms with E-state index in [-0.39, 0.29) is 11.0 Å². The molecule has 1 aromatic carbocycles. The zero-order valence-electron chi connectivity index (χ0n) is 10.9. The SMILES string of the molecule is O=C(NC1CCCCC1)Oc1ccc2sc(=O)oc2c1. The Morgan fingerprint density at radius 3 is 2.90 bits per heavy atom. The molecule has 1 N–H and O–H groups in total. The molecule has 3 rings (SSSR count). The van der Waals surface area contributed by atoms with Crippen molar-refractivity contribution in [3.05, 3.63) is 27.9 Å². The Balaban J connectivity index is 1.65. The van der Waals surface area contributed by atoms with Gasteiger partial charge in [0.15, 0.2) is 5.58 Å². The third kappa shape index (κ3) is 3.01. The van der Waals surface area contributed by atoms with Crippen LogP contribution in [-0.2, 0) is 0 Å². The summed E-state index contributed by atoms with van der Waals surface area (Å²) < 4.78 is 11.0. The van der Waals surface area contributed by atoms with Crippen molar-refractivity contribution in [1.82, 2.24) is 5.32 Å². The van der Waals surface area contributed by atoms with Crippen molar-refractivity contribution in [1.29, 1.82) is 0 Å². The van der Waals surface area contributed by atoms with E-state index in [1.54, 1.807) is 18.2 Å². The third-order valence-electron chi connectivity index (χ3n) is 3.44. The Morgan fingerprint density at radius 1 is 1.30 bits per heavy atom. The molecule has 106 valence electrons. The molecule has 1 aliphatic rings. The fourth-order valence-electron chi connectivity index (χ4n) is 2.47. The maximum atomic E-state index is 11.8. The van der Waals surface area contributed by atoms with Crippen LogP contribution in [0.2, 0.25) is 0 Å². The van der Waals surface area contributed by atoms with Gasteiger partial charge >= 0.3 is 11.0 Å². The Bertz CT molecular complexity index is 669. The van der Waals surface area contributed by atoms with Gasteiger partial charge in [-0.2, -0.15) is 0 Å². The van der Waals surface area contributed by atoms with Crippen LogP contribution in [0.25, 0.3) is 10.3 Å². The predicted octanol–water partition coefficient (Wildman–Crippen LogP) is 3.28. The fourth-order valence-corrected chi connectivity index (χ4v) is 3.11. The molecule has 0 unspecified atom stereocenters. The first-order chi connectivity index (χ1) is 9.70. The molecule has 1 amide bonds. The summed E-state index contributed by atoms with van der Waals surface area (Å²) in [5.41, 5.74) is 0.447. The van der Waals surface area contributed by atoms with Crippen molar-refractivity contribution >= 4 is 27.7 Å².